The van der Waals surface area contributed by atoms with E-state index in [2.05, 4.69) is 26.2 Å². The third kappa shape index (κ3) is 2.80. The van der Waals surface area contributed by atoms with Gasteiger partial charge in [0, 0.05) is 23.3 Å². The predicted molar refractivity (Wildman–Crippen MR) is 65.0 cm³/mol. The summed E-state index contributed by atoms with van der Waals surface area (Å²) < 4.78 is 0.863. The Kier molecular flexibility index (Phi) is 3.56. The van der Waals surface area contributed by atoms with Gasteiger partial charge in [-0.15, -0.1) is 0 Å². The van der Waals surface area contributed by atoms with Gasteiger partial charge in [-0.2, -0.15) is 0 Å². The maximum Gasteiger partial charge on any atom is 0.270 e. The van der Waals surface area contributed by atoms with Crippen LogP contribution in [0.5, 0.6) is 0 Å². The quantitative estimate of drug-likeness (QED) is 0.876. The van der Waals surface area contributed by atoms with Crippen LogP contribution < -0.4 is 11.1 Å². The van der Waals surface area contributed by atoms with Crippen LogP contribution >= 0.6 is 15.9 Å². The summed E-state index contributed by atoms with van der Waals surface area (Å²) in [5.41, 5.74) is 6.05. The fourth-order valence-electron chi connectivity index (χ4n) is 1.62. The van der Waals surface area contributed by atoms with Crippen LogP contribution in [0.4, 0.5) is 0 Å². The molecule has 0 spiro atoms. The Hall–Kier alpha value is -0.940. The lowest BCUT2D eigenvalue weighted by atomic mass is 10.2. The normalized spacial score (nSPS) is 16.9. The third-order valence-corrected chi connectivity index (χ3v) is 3.19. The van der Waals surface area contributed by atoms with Crippen LogP contribution in [0.15, 0.2) is 22.8 Å². The van der Waals surface area contributed by atoms with Crippen LogP contribution in [0.1, 0.15) is 23.3 Å². The van der Waals surface area contributed by atoms with Gasteiger partial charge in [0.05, 0.1) is 0 Å². The van der Waals surface area contributed by atoms with Gasteiger partial charge in [0.15, 0.2) is 0 Å². The Morgan fingerprint density at radius 2 is 2.38 bits per heavy atom. The molecule has 5 heteroatoms. The van der Waals surface area contributed by atoms with Crippen LogP contribution in [0.3, 0.4) is 0 Å². The SMILES string of the molecule is NCC(NC(=O)c1ccc(Br)cn1)C1CC1. The number of carbonyl (C=O) groups excluding carboxylic acids is 1. The lowest BCUT2D eigenvalue weighted by molar-refractivity contribution is 0.0928. The minimum atomic E-state index is -0.144. The molecule has 1 aromatic heterocycles. The van der Waals surface area contributed by atoms with Crippen molar-refractivity contribution in [2.24, 2.45) is 11.7 Å². The number of pyridine rings is 1. The lowest BCUT2D eigenvalue weighted by Gasteiger charge is -2.15. The van der Waals surface area contributed by atoms with Crippen molar-refractivity contribution >= 4 is 21.8 Å². The molecule has 1 heterocycles. The van der Waals surface area contributed by atoms with Crippen LogP contribution in [0.25, 0.3) is 0 Å². The fraction of sp³-hybridized carbons (Fsp3) is 0.455. The summed E-state index contributed by atoms with van der Waals surface area (Å²) >= 11 is 3.28. The number of amides is 1. The molecule has 1 saturated carbocycles. The van der Waals surface area contributed by atoms with Crippen molar-refractivity contribution in [2.75, 3.05) is 6.54 Å². The van der Waals surface area contributed by atoms with Gasteiger partial charge in [0.25, 0.3) is 5.91 Å². The number of halogens is 1. The standard InChI is InChI=1S/C11H14BrN3O/c12-8-3-4-9(14-6-8)11(16)15-10(5-13)7-1-2-7/h3-4,6-7,10H,1-2,5,13H2,(H,15,16). The van der Waals surface area contributed by atoms with Crippen LogP contribution in [-0.2, 0) is 0 Å². The van der Waals surface area contributed by atoms with Gasteiger partial charge in [0.2, 0.25) is 0 Å². The van der Waals surface area contributed by atoms with Gasteiger partial charge in [-0.05, 0) is 46.8 Å². The second-order valence-corrected chi connectivity index (χ2v) is 4.93. The average molecular weight is 284 g/mol. The molecule has 16 heavy (non-hydrogen) atoms. The average Bonchev–Trinajstić information content (AvgIpc) is 3.10. The summed E-state index contributed by atoms with van der Waals surface area (Å²) in [4.78, 5) is 15.9. The van der Waals surface area contributed by atoms with E-state index in [1.54, 1.807) is 18.3 Å². The molecular weight excluding hydrogens is 270 g/mol. The van der Waals surface area contributed by atoms with E-state index in [4.69, 9.17) is 5.73 Å². The van der Waals surface area contributed by atoms with Gasteiger partial charge in [-0.3, -0.25) is 4.79 Å². The number of rotatable bonds is 4. The highest BCUT2D eigenvalue weighted by atomic mass is 79.9. The first-order valence-corrected chi connectivity index (χ1v) is 6.12. The highest BCUT2D eigenvalue weighted by Crippen LogP contribution is 2.32. The topological polar surface area (TPSA) is 68.0 Å². The van der Waals surface area contributed by atoms with Gasteiger partial charge in [-0.25, -0.2) is 4.98 Å². The van der Waals surface area contributed by atoms with Gasteiger partial charge in [-0.1, -0.05) is 0 Å². The van der Waals surface area contributed by atoms with E-state index in [9.17, 15) is 4.79 Å². The van der Waals surface area contributed by atoms with E-state index in [1.807, 2.05) is 0 Å². The Bertz CT molecular complexity index is 375. The molecule has 3 N–H and O–H groups in total. The van der Waals surface area contributed by atoms with Crippen molar-refractivity contribution in [1.29, 1.82) is 0 Å². The minimum absolute atomic E-state index is 0.0953. The number of carbonyl (C=O) groups is 1. The Balaban J connectivity index is 1.98. The Morgan fingerprint density at radius 3 is 2.88 bits per heavy atom. The van der Waals surface area contributed by atoms with Crippen molar-refractivity contribution < 1.29 is 4.79 Å². The monoisotopic (exact) mass is 283 g/mol. The number of nitrogens with zero attached hydrogens (tertiary/aromatic N) is 1. The zero-order chi connectivity index (χ0) is 11.5. The molecule has 4 nitrogen and oxygen atoms in total. The number of nitrogens with one attached hydrogen (secondary N) is 1. The summed E-state index contributed by atoms with van der Waals surface area (Å²) in [6.45, 7) is 0.493. The molecule has 1 amide bonds. The van der Waals surface area contributed by atoms with Crippen molar-refractivity contribution in [3.8, 4) is 0 Å². The predicted octanol–water partition coefficient (Wildman–Crippen LogP) is 1.31. The molecule has 1 aromatic rings. The second kappa shape index (κ2) is 4.93. The van der Waals surface area contributed by atoms with Crippen molar-refractivity contribution in [3.63, 3.8) is 0 Å². The maximum absolute atomic E-state index is 11.8. The first-order valence-electron chi connectivity index (χ1n) is 5.33. The van der Waals surface area contributed by atoms with E-state index in [1.165, 1.54) is 0 Å². The van der Waals surface area contributed by atoms with Gasteiger partial charge >= 0.3 is 0 Å². The van der Waals surface area contributed by atoms with Crippen molar-refractivity contribution in [2.45, 2.75) is 18.9 Å². The number of hydrogen-bond donors (Lipinski definition) is 2. The molecule has 1 aliphatic rings. The lowest BCUT2D eigenvalue weighted by Crippen LogP contribution is -2.42. The number of nitrogens with two attached hydrogens (primary N) is 1. The molecule has 0 bridgehead atoms. The zero-order valence-corrected chi connectivity index (χ0v) is 10.4. The molecule has 2 rings (SSSR count). The summed E-state index contributed by atoms with van der Waals surface area (Å²) in [5, 5.41) is 2.92. The molecule has 0 saturated heterocycles. The van der Waals surface area contributed by atoms with E-state index in [0.29, 0.717) is 18.2 Å². The molecule has 0 aliphatic heterocycles. The fourth-order valence-corrected chi connectivity index (χ4v) is 1.85. The zero-order valence-electron chi connectivity index (χ0n) is 8.82. The van der Waals surface area contributed by atoms with E-state index >= 15 is 0 Å². The molecular formula is C11H14BrN3O. The molecule has 1 atom stereocenters. The summed E-state index contributed by atoms with van der Waals surface area (Å²) in [6.07, 6.45) is 3.94. The second-order valence-electron chi connectivity index (χ2n) is 4.01. The molecule has 86 valence electrons. The summed E-state index contributed by atoms with van der Waals surface area (Å²) in [6, 6.07) is 3.59. The van der Waals surface area contributed by atoms with E-state index in [0.717, 1.165) is 17.3 Å². The van der Waals surface area contributed by atoms with Crippen molar-refractivity contribution in [1.82, 2.24) is 10.3 Å². The molecule has 1 fully saturated rings. The first-order chi connectivity index (χ1) is 7.70. The van der Waals surface area contributed by atoms with Gasteiger partial charge < -0.3 is 11.1 Å². The molecule has 1 unspecified atom stereocenters. The molecule has 0 aromatic carbocycles. The Labute approximate surface area is 103 Å². The number of hydrogen-bond acceptors (Lipinski definition) is 3. The van der Waals surface area contributed by atoms with E-state index < -0.39 is 0 Å². The molecule has 0 radical (unpaired) electrons. The van der Waals surface area contributed by atoms with Gasteiger partial charge in [0.1, 0.15) is 5.69 Å². The Morgan fingerprint density at radius 1 is 1.62 bits per heavy atom. The highest BCUT2D eigenvalue weighted by Gasteiger charge is 2.31. The third-order valence-electron chi connectivity index (χ3n) is 2.72. The van der Waals surface area contributed by atoms with E-state index in [-0.39, 0.29) is 11.9 Å². The van der Waals surface area contributed by atoms with Crippen LogP contribution in [-0.4, -0.2) is 23.5 Å². The first kappa shape index (κ1) is 11.5. The minimum Gasteiger partial charge on any atom is -0.346 e. The van der Waals surface area contributed by atoms with Crippen LogP contribution in [0, 0.1) is 5.92 Å². The summed E-state index contributed by atoms with van der Waals surface area (Å²) in [5.74, 6) is 0.416. The smallest absolute Gasteiger partial charge is 0.270 e. The number of aromatic nitrogens is 1. The van der Waals surface area contributed by atoms with Crippen LogP contribution in [0.2, 0.25) is 0 Å². The maximum atomic E-state index is 11.8. The molecule has 1 aliphatic carbocycles. The van der Waals surface area contributed by atoms with Crippen molar-refractivity contribution in [3.05, 3.63) is 28.5 Å². The summed E-state index contributed by atoms with van der Waals surface area (Å²) in [7, 11) is 0. The highest BCUT2D eigenvalue weighted by molar-refractivity contribution is 9.10. The largest absolute Gasteiger partial charge is 0.346 e.